The summed E-state index contributed by atoms with van der Waals surface area (Å²) in [5, 5.41) is 5.29. The van der Waals surface area contributed by atoms with Crippen LogP contribution in [0.3, 0.4) is 0 Å². The summed E-state index contributed by atoms with van der Waals surface area (Å²) in [7, 11) is 1.48. The molecular formula is C26H30FN3O5. The van der Waals surface area contributed by atoms with Gasteiger partial charge in [-0.05, 0) is 37.0 Å². The number of rotatable bonds is 7. The summed E-state index contributed by atoms with van der Waals surface area (Å²) in [5.74, 6) is -1.04. The number of ether oxygens (including phenoxy) is 2. The molecule has 2 aliphatic heterocycles. The smallest absolute Gasteiger partial charge is 0.409 e. The van der Waals surface area contributed by atoms with Gasteiger partial charge in [-0.2, -0.15) is 0 Å². The van der Waals surface area contributed by atoms with Gasteiger partial charge >= 0.3 is 6.09 Å². The fourth-order valence-corrected chi connectivity index (χ4v) is 4.62. The number of amides is 3. The first-order valence-corrected chi connectivity index (χ1v) is 11.9. The van der Waals surface area contributed by atoms with Crippen molar-refractivity contribution in [3.05, 3.63) is 64.7 Å². The number of carbonyl (C=O) groups excluding carboxylic acids is 3. The van der Waals surface area contributed by atoms with Crippen LogP contribution in [0.2, 0.25) is 0 Å². The third kappa shape index (κ3) is 5.39. The molecule has 0 spiro atoms. The van der Waals surface area contributed by atoms with Gasteiger partial charge < -0.3 is 25.0 Å². The van der Waals surface area contributed by atoms with Crippen molar-refractivity contribution in [2.75, 3.05) is 40.0 Å². The van der Waals surface area contributed by atoms with Gasteiger partial charge in [0.1, 0.15) is 25.1 Å². The molecule has 4 rings (SSSR count). The summed E-state index contributed by atoms with van der Waals surface area (Å²) in [5.41, 5.74) is 1.83. The number of alkyl halides is 1. The van der Waals surface area contributed by atoms with Gasteiger partial charge in [0.2, 0.25) is 0 Å². The second-order valence-corrected chi connectivity index (χ2v) is 8.64. The predicted molar refractivity (Wildman–Crippen MR) is 128 cm³/mol. The van der Waals surface area contributed by atoms with E-state index in [0.717, 1.165) is 24.8 Å². The van der Waals surface area contributed by atoms with Crippen molar-refractivity contribution >= 4 is 17.9 Å². The Morgan fingerprint density at radius 3 is 2.51 bits per heavy atom. The summed E-state index contributed by atoms with van der Waals surface area (Å²) < 4.78 is 25.1. The minimum Gasteiger partial charge on any atom is -0.486 e. The van der Waals surface area contributed by atoms with Crippen LogP contribution < -0.4 is 15.4 Å². The lowest BCUT2D eigenvalue weighted by Crippen LogP contribution is -2.37. The Labute approximate surface area is 203 Å². The van der Waals surface area contributed by atoms with E-state index in [-0.39, 0.29) is 36.1 Å². The Hall–Kier alpha value is -3.62. The summed E-state index contributed by atoms with van der Waals surface area (Å²) in [6, 6.07) is 12.4. The maximum atomic E-state index is 13.9. The van der Waals surface area contributed by atoms with Crippen molar-refractivity contribution in [3.63, 3.8) is 0 Å². The molecule has 3 amide bonds. The van der Waals surface area contributed by atoms with Gasteiger partial charge in [0, 0.05) is 31.3 Å². The third-order valence-electron chi connectivity index (χ3n) is 6.37. The fraction of sp³-hybridized carbons (Fsp3) is 0.423. The molecule has 1 saturated heterocycles. The molecule has 2 aromatic rings. The highest BCUT2D eigenvalue weighted by molar-refractivity contribution is 6.02. The van der Waals surface area contributed by atoms with E-state index in [2.05, 4.69) is 10.6 Å². The van der Waals surface area contributed by atoms with Crippen LogP contribution in [0.1, 0.15) is 57.0 Å². The minimum atomic E-state index is -0.802. The predicted octanol–water partition coefficient (Wildman–Crippen LogP) is 3.26. The Bertz CT molecular complexity index is 1070. The number of nitrogens with zero attached hydrogens (tertiary/aromatic N) is 1. The lowest BCUT2D eigenvalue weighted by atomic mass is 9.86. The molecular weight excluding hydrogens is 453 g/mol. The summed E-state index contributed by atoms with van der Waals surface area (Å²) >= 11 is 0. The Balaban J connectivity index is 1.50. The minimum absolute atomic E-state index is 0.0357. The molecule has 0 saturated carbocycles. The normalized spacial score (nSPS) is 18.9. The molecule has 186 valence electrons. The molecule has 0 aromatic heterocycles. The van der Waals surface area contributed by atoms with Crippen LogP contribution in [0.4, 0.5) is 9.18 Å². The molecule has 9 heteroatoms. The van der Waals surface area contributed by atoms with Crippen LogP contribution in [0.25, 0.3) is 0 Å². The highest BCUT2D eigenvalue weighted by Crippen LogP contribution is 2.45. The van der Waals surface area contributed by atoms with Crippen LogP contribution in [-0.4, -0.2) is 68.9 Å². The van der Waals surface area contributed by atoms with Crippen LogP contribution >= 0.6 is 0 Å². The van der Waals surface area contributed by atoms with Gasteiger partial charge in [-0.15, -0.1) is 0 Å². The first-order valence-electron chi connectivity index (χ1n) is 11.9. The van der Waals surface area contributed by atoms with Crippen LogP contribution in [0, 0.1) is 0 Å². The number of carbonyl (C=O) groups is 3. The number of fused-ring (bicyclic) bond motifs is 1. The SMILES string of the molecule is CNC(=O)c1cc(C(=O)NCCOC(=O)N2CCCCC2)cc2c1OC(CF)C2c1ccccc1. The van der Waals surface area contributed by atoms with Crippen molar-refractivity contribution in [3.8, 4) is 5.75 Å². The largest absolute Gasteiger partial charge is 0.486 e. The van der Waals surface area contributed by atoms with E-state index in [9.17, 15) is 18.8 Å². The Morgan fingerprint density at radius 1 is 1.09 bits per heavy atom. The van der Waals surface area contributed by atoms with E-state index < -0.39 is 30.5 Å². The highest BCUT2D eigenvalue weighted by Gasteiger charge is 2.39. The number of hydrogen-bond donors (Lipinski definition) is 2. The van der Waals surface area contributed by atoms with E-state index in [4.69, 9.17) is 9.47 Å². The molecule has 2 atom stereocenters. The van der Waals surface area contributed by atoms with Crippen LogP contribution in [-0.2, 0) is 4.74 Å². The molecule has 35 heavy (non-hydrogen) atoms. The van der Waals surface area contributed by atoms with Crippen LogP contribution in [0.15, 0.2) is 42.5 Å². The van der Waals surface area contributed by atoms with Gasteiger partial charge in [-0.3, -0.25) is 9.59 Å². The number of benzene rings is 2. The second-order valence-electron chi connectivity index (χ2n) is 8.64. The number of hydrogen-bond acceptors (Lipinski definition) is 5. The number of halogens is 1. The zero-order valence-electron chi connectivity index (χ0n) is 19.7. The van der Waals surface area contributed by atoms with Crippen molar-refractivity contribution in [2.24, 2.45) is 0 Å². The molecule has 2 aliphatic rings. The van der Waals surface area contributed by atoms with Gasteiger partial charge in [-0.1, -0.05) is 30.3 Å². The average Bonchev–Trinajstić information content (AvgIpc) is 3.29. The monoisotopic (exact) mass is 483 g/mol. The molecule has 0 radical (unpaired) electrons. The molecule has 2 aromatic carbocycles. The third-order valence-corrected chi connectivity index (χ3v) is 6.37. The first kappa shape index (κ1) is 24.5. The standard InChI is InChI=1S/C26H30FN3O5/c1-28-25(32)20-15-18(24(31)29-10-13-34-26(33)30-11-6-3-7-12-30)14-19-22(17-8-4-2-5-9-17)21(16-27)35-23(19)20/h2,4-5,8-9,14-15,21-22H,3,6-7,10-13,16H2,1H3,(H,28,32)(H,29,31). The molecule has 1 fully saturated rings. The van der Waals surface area contributed by atoms with Crippen molar-refractivity contribution in [1.29, 1.82) is 0 Å². The second kappa shape index (κ2) is 11.2. The summed E-state index contributed by atoms with van der Waals surface area (Å²) in [6.45, 7) is 0.788. The lowest BCUT2D eigenvalue weighted by Gasteiger charge is -2.25. The summed E-state index contributed by atoms with van der Waals surface area (Å²) in [6.07, 6.45) is 1.87. The summed E-state index contributed by atoms with van der Waals surface area (Å²) in [4.78, 5) is 39.3. The molecule has 8 nitrogen and oxygen atoms in total. The zero-order chi connectivity index (χ0) is 24.8. The quantitative estimate of drug-likeness (QED) is 0.590. The molecule has 2 N–H and O–H groups in total. The highest BCUT2D eigenvalue weighted by atomic mass is 19.1. The Kier molecular flexibility index (Phi) is 7.84. The van der Waals surface area contributed by atoms with Gasteiger partial charge in [-0.25, -0.2) is 9.18 Å². The molecule has 0 bridgehead atoms. The van der Waals surface area contributed by atoms with Crippen molar-refractivity contribution in [1.82, 2.24) is 15.5 Å². The Morgan fingerprint density at radius 2 is 1.83 bits per heavy atom. The number of piperidine rings is 1. The van der Waals surface area contributed by atoms with E-state index in [0.29, 0.717) is 18.7 Å². The van der Waals surface area contributed by atoms with Gasteiger partial charge in [0.05, 0.1) is 18.0 Å². The zero-order valence-corrected chi connectivity index (χ0v) is 19.7. The van der Waals surface area contributed by atoms with E-state index in [1.165, 1.54) is 13.1 Å². The molecule has 2 unspecified atom stereocenters. The number of nitrogens with one attached hydrogen (secondary N) is 2. The van der Waals surface area contributed by atoms with Gasteiger partial charge in [0.25, 0.3) is 11.8 Å². The topological polar surface area (TPSA) is 97.0 Å². The maximum absolute atomic E-state index is 13.9. The first-order chi connectivity index (χ1) is 17.0. The molecule has 2 heterocycles. The van der Waals surface area contributed by atoms with E-state index >= 15 is 0 Å². The van der Waals surface area contributed by atoms with Crippen molar-refractivity contribution in [2.45, 2.75) is 31.3 Å². The van der Waals surface area contributed by atoms with Crippen LogP contribution in [0.5, 0.6) is 5.75 Å². The average molecular weight is 484 g/mol. The lowest BCUT2D eigenvalue weighted by molar-refractivity contribution is 0.0867. The van der Waals surface area contributed by atoms with E-state index in [1.54, 1.807) is 11.0 Å². The van der Waals surface area contributed by atoms with Gasteiger partial charge in [0.15, 0.2) is 0 Å². The molecule has 0 aliphatic carbocycles. The maximum Gasteiger partial charge on any atom is 0.409 e. The van der Waals surface area contributed by atoms with E-state index in [1.807, 2.05) is 30.3 Å². The van der Waals surface area contributed by atoms with Crippen molar-refractivity contribution < 1.29 is 28.2 Å². The number of likely N-dealkylation sites (tertiary alicyclic amines) is 1. The fourth-order valence-electron chi connectivity index (χ4n) is 4.62.